The number of benzene rings is 1. The zero-order chi connectivity index (χ0) is 10.6. The lowest BCUT2D eigenvalue weighted by Gasteiger charge is -2.15. The average molecular weight is 215 g/mol. The lowest BCUT2D eigenvalue weighted by Crippen LogP contribution is -2.13. The van der Waals surface area contributed by atoms with Gasteiger partial charge in [-0.2, -0.15) is 0 Å². The van der Waals surface area contributed by atoms with Crippen LogP contribution in [0.3, 0.4) is 0 Å². The molecule has 14 heavy (non-hydrogen) atoms. The molecule has 0 nitrogen and oxygen atoms in total. The minimum Gasteiger partial charge on any atom is -0.207 e. The first kappa shape index (κ1) is 11.5. The van der Waals surface area contributed by atoms with Gasteiger partial charge in [0, 0.05) is 5.38 Å². The summed E-state index contributed by atoms with van der Waals surface area (Å²) in [5.74, 6) is 0.287. The molecule has 0 fully saturated rings. The molecule has 2 atom stereocenters. The molecule has 1 aromatic carbocycles. The Labute approximate surface area is 90.1 Å². The van der Waals surface area contributed by atoms with E-state index in [1.54, 1.807) is 12.1 Å². The molecule has 0 aromatic heterocycles. The van der Waals surface area contributed by atoms with Crippen LogP contribution in [0.25, 0.3) is 0 Å². The predicted molar refractivity (Wildman–Crippen MR) is 59.2 cm³/mol. The van der Waals surface area contributed by atoms with E-state index in [-0.39, 0.29) is 11.2 Å². The summed E-state index contributed by atoms with van der Waals surface area (Å²) in [5.41, 5.74) is 0.977. The van der Waals surface area contributed by atoms with Crippen LogP contribution in [0.2, 0.25) is 0 Å². The molecule has 0 aliphatic rings. The molecule has 2 heteroatoms. The normalized spacial score (nSPS) is 15.1. The smallest absolute Gasteiger partial charge is 0.123 e. The van der Waals surface area contributed by atoms with Crippen molar-refractivity contribution >= 4 is 11.6 Å². The highest BCUT2D eigenvalue weighted by atomic mass is 35.5. The van der Waals surface area contributed by atoms with Crippen molar-refractivity contribution in [3.8, 4) is 0 Å². The molecule has 78 valence electrons. The van der Waals surface area contributed by atoms with Crippen LogP contribution in [0, 0.1) is 11.7 Å². The summed E-state index contributed by atoms with van der Waals surface area (Å²) in [7, 11) is 0. The van der Waals surface area contributed by atoms with E-state index in [0.717, 1.165) is 18.4 Å². The largest absolute Gasteiger partial charge is 0.207 e. The summed E-state index contributed by atoms with van der Waals surface area (Å²) in [6.07, 6.45) is 1.80. The van der Waals surface area contributed by atoms with Crippen molar-refractivity contribution in [1.82, 2.24) is 0 Å². The maximum atomic E-state index is 12.9. The van der Waals surface area contributed by atoms with Gasteiger partial charge in [-0.15, -0.1) is 11.6 Å². The van der Waals surface area contributed by atoms with Gasteiger partial charge in [0.05, 0.1) is 0 Å². The highest BCUT2D eigenvalue weighted by molar-refractivity contribution is 6.20. The number of alkyl halides is 1. The third kappa shape index (κ3) is 3.30. The summed E-state index contributed by atoms with van der Waals surface area (Å²) in [6.45, 7) is 4.24. The number of hydrogen-bond acceptors (Lipinski definition) is 0. The van der Waals surface area contributed by atoms with Gasteiger partial charge in [0.1, 0.15) is 5.82 Å². The minimum absolute atomic E-state index is 0.0989. The van der Waals surface area contributed by atoms with Crippen molar-refractivity contribution < 1.29 is 4.39 Å². The van der Waals surface area contributed by atoms with E-state index in [4.69, 9.17) is 11.6 Å². The van der Waals surface area contributed by atoms with E-state index >= 15 is 0 Å². The predicted octanol–water partition coefficient (Wildman–Crippen LogP) is 4.02. The van der Waals surface area contributed by atoms with E-state index in [0.29, 0.717) is 5.92 Å². The summed E-state index contributed by atoms with van der Waals surface area (Å²) in [6, 6.07) is 6.65. The Kier molecular flexibility index (Phi) is 4.40. The molecule has 2 unspecified atom stereocenters. The standard InChI is InChI=1S/C12H16ClF/c1-3-9(2)12(13)8-10-5-4-6-11(14)7-10/h4-7,9,12H,3,8H2,1-2H3. The topological polar surface area (TPSA) is 0 Å². The van der Waals surface area contributed by atoms with Crippen LogP contribution in [-0.4, -0.2) is 5.38 Å². The molecule has 0 aliphatic carbocycles. The van der Waals surface area contributed by atoms with Crippen LogP contribution in [0.5, 0.6) is 0 Å². The fourth-order valence-electron chi connectivity index (χ4n) is 1.35. The van der Waals surface area contributed by atoms with E-state index in [1.165, 1.54) is 6.07 Å². The van der Waals surface area contributed by atoms with Gasteiger partial charge in [-0.3, -0.25) is 0 Å². The Morgan fingerprint density at radius 2 is 2.14 bits per heavy atom. The SMILES string of the molecule is CCC(C)C(Cl)Cc1cccc(F)c1. The van der Waals surface area contributed by atoms with Crippen LogP contribution < -0.4 is 0 Å². The van der Waals surface area contributed by atoms with Crippen LogP contribution in [0.15, 0.2) is 24.3 Å². The second-order valence-electron chi connectivity index (χ2n) is 3.74. The lowest BCUT2D eigenvalue weighted by atomic mass is 9.98. The molecule has 0 bridgehead atoms. The Bertz CT molecular complexity index is 285. The van der Waals surface area contributed by atoms with Crippen molar-refractivity contribution in [2.24, 2.45) is 5.92 Å². The second kappa shape index (κ2) is 5.35. The molecule has 0 aliphatic heterocycles. The van der Waals surface area contributed by atoms with Crippen molar-refractivity contribution in [3.63, 3.8) is 0 Å². The van der Waals surface area contributed by atoms with Gasteiger partial charge in [-0.25, -0.2) is 4.39 Å². The number of halogens is 2. The van der Waals surface area contributed by atoms with E-state index in [9.17, 15) is 4.39 Å². The maximum Gasteiger partial charge on any atom is 0.123 e. The zero-order valence-electron chi connectivity index (χ0n) is 8.63. The Morgan fingerprint density at radius 1 is 1.43 bits per heavy atom. The second-order valence-corrected chi connectivity index (χ2v) is 4.30. The first-order chi connectivity index (χ1) is 6.63. The van der Waals surface area contributed by atoms with Crippen molar-refractivity contribution in [2.75, 3.05) is 0 Å². The van der Waals surface area contributed by atoms with Gasteiger partial charge in [0.2, 0.25) is 0 Å². The molecule has 0 amide bonds. The molecular weight excluding hydrogens is 199 g/mol. The van der Waals surface area contributed by atoms with Crippen LogP contribution in [0.4, 0.5) is 4.39 Å². The minimum atomic E-state index is -0.185. The Hall–Kier alpha value is -0.560. The molecule has 0 saturated heterocycles. The van der Waals surface area contributed by atoms with Crippen LogP contribution in [0.1, 0.15) is 25.8 Å². The fraction of sp³-hybridized carbons (Fsp3) is 0.500. The van der Waals surface area contributed by atoms with E-state index < -0.39 is 0 Å². The molecule has 0 N–H and O–H groups in total. The van der Waals surface area contributed by atoms with Gasteiger partial charge in [-0.1, -0.05) is 32.4 Å². The van der Waals surface area contributed by atoms with Gasteiger partial charge in [0.25, 0.3) is 0 Å². The highest BCUT2D eigenvalue weighted by Crippen LogP contribution is 2.19. The van der Waals surface area contributed by atoms with E-state index in [2.05, 4.69) is 13.8 Å². The first-order valence-electron chi connectivity index (χ1n) is 5.02. The number of hydrogen-bond donors (Lipinski definition) is 0. The van der Waals surface area contributed by atoms with Gasteiger partial charge in [-0.05, 0) is 30.0 Å². The molecule has 0 radical (unpaired) electrons. The van der Waals surface area contributed by atoms with Crippen LogP contribution >= 0.6 is 11.6 Å². The summed E-state index contributed by atoms with van der Waals surface area (Å²) in [4.78, 5) is 0. The van der Waals surface area contributed by atoms with Crippen molar-refractivity contribution in [3.05, 3.63) is 35.6 Å². The van der Waals surface area contributed by atoms with Crippen molar-refractivity contribution in [1.29, 1.82) is 0 Å². The molecule has 0 saturated carbocycles. The van der Waals surface area contributed by atoms with Gasteiger partial charge < -0.3 is 0 Å². The maximum absolute atomic E-state index is 12.9. The molecule has 0 spiro atoms. The summed E-state index contributed by atoms with van der Waals surface area (Å²) >= 11 is 6.20. The third-order valence-corrected chi connectivity index (χ3v) is 3.17. The Morgan fingerprint density at radius 3 is 2.71 bits per heavy atom. The van der Waals surface area contributed by atoms with Gasteiger partial charge in [0.15, 0.2) is 0 Å². The van der Waals surface area contributed by atoms with E-state index in [1.807, 2.05) is 6.07 Å². The fourth-order valence-corrected chi connectivity index (χ4v) is 1.70. The summed E-state index contributed by atoms with van der Waals surface area (Å²) in [5, 5.41) is 0.0989. The molecule has 1 rings (SSSR count). The third-order valence-electron chi connectivity index (χ3n) is 2.58. The van der Waals surface area contributed by atoms with Crippen LogP contribution in [-0.2, 0) is 6.42 Å². The quantitative estimate of drug-likeness (QED) is 0.665. The average Bonchev–Trinajstić information content (AvgIpc) is 2.16. The molecule has 0 heterocycles. The molecular formula is C12H16ClF. The van der Waals surface area contributed by atoms with Crippen molar-refractivity contribution in [2.45, 2.75) is 32.1 Å². The molecule has 1 aromatic rings. The monoisotopic (exact) mass is 214 g/mol. The highest BCUT2D eigenvalue weighted by Gasteiger charge is 2.13. The van der Waals surface area contributed by atoms with Gasteiger partial charge >= 0.3 is 0 Å². The first-order valence-corrected chi connectivity index (χ1v) is 5.45. The Balaban J connectivity index is 2.60. The summed E-state index contributed by atoms with van der Waals surface area (Å²) < 4.78 is 12.9. The lowest BCUT2D eigenvalue weighted by molar-refractivity contribution is 0.523. The zero-order valence-corrected chi connectivity index (χ0v) is 9.39. The number of rotatable bonds is 4.